The first kappa shape index (κ1) is 11.4. The number of benzene rings is 1. The van der Waals surface area contributed by atoms with Gasteiger partial charge in [0.05, 0.1) is 30.8 Å². The van der Waals surface area contributed by atoms with Crippen LogP contribution in [0.2, 0.25) is 0 Å². The molecule has 0 spiro atoms. The molecule has 0 saturated carbocycles. The van der Waals surface area contributed by atoms with Crippen molar-refractivity contribution < 1.29 is 4.74 Å². The van der Waals surface area contributed by atoms with Crippen molar-refractivity contribution >= 4 is 10.9 Å². The van der Waals surface area contributed by atoms with Gasteiger partial charge in [0, 0.05) is 5.39 Å². The second-order valence-electron chi connectivity index (χ2n) is 4.11. The van der Waals surface area contributed by atoms with Gasteiger partial charge in [0.2, 0.25) is 0 Å². The first-order valence-corrected chi connectivity index (χ1v) is 5.47. The van der Waals surface area contributed by atoms with Crippen LogP contribution < -0.4 is 4.74 Å². The smallest absolute Gasteiger partial charge is 0.119 e. The first-order chi connectivity index (χ1) is 8.15. The fraction of sp³-hybridized carbons (Fsp3) is 0.286. The molecule has 0 saturated heterocycles. The van der Waals surface area contributed by atoms with E-state index in [0.717, 1.165) is 33.5 Å². The van der Waals surface area contributed by atoms with Crippen LogP contribution in [0.4, 0.5) is 0 Å². The van der Waals surface area contributed by atoms with Crippen molar-refractivity contribution in [2.75, 3.05) is 7.11 Å². The van der Waals surface area contributed by atoms with E-state index >= 15 is 0 Å². The van der Waals surface area contributed by atoms with Crippen molar-refractivity contribution in [3.63, 3.8) is 0 Å². The highest BCUT2D eigenvalue weighted by molar-refractivity contribution is 5.86. The Kier molecular flexibility index (Phi) is 2.97. The van der Waals surface area contributed by atoms with Gasteiger partial charge in [-0.1, -0.05) is 0 Å². The summed E-state index contributed by atoms with van der Waals surface area (Å²) in [7, 11) is 1.66. The lowest BCUT2D eigenvalue weighted by Gasteiger charge is -2.09. The Morgan fingerprint density at radius 1 is 1.24 bits per heavy atom. The molecular formula is C14H14N2O. The molecule has 0 bridgehead atoms. The molecule has 17 heavy (non-hydrogen) atoms. The summed E-state index contributed by atoms with van der Waals surface area (Å²) in [4.78, 5) is 4.52. The predicted molar refractivity (Wildman–Crippen MR) is 67.1 cm³/mol. The molecule has 86 valence electrons. The molecular weight excluding hydrogens is 212 g/mol. The molecule has 0 N–H and O–H groups in total. The zero-order valence-electron chi connectivity index (χ0n) is 10.2. The minimum atomic E-state index is 0.349. The Morgan fingerprint density at radius 3 is 2.65 bits per heavy atom. The summed E-state index contributed by atoms with van der Waals surface area (Å²) in [5.74, 6) is 0.841. The molecule has 2 aromatic rings. The molecule has 0 fully saturated rings. The number of hydrogen-bond donors (Lipinski definition) is 0. The SMILES string of the molecule is COc1cc(C)c2nc(CC#N)cc(C)c2c1. The quantitative estimate of drug-likeness (QED) is 0.790. The van der Waals surface area contributed by atoms with E-state index in [0.29, 0.717) is 6.42 Å². The maximum absolute atomic E-state index is 8.72. The zero-order valence-corrected chi connectivity index (χ0v) is 10.2. The van der Waals surface area contributed by atoms with E-state index in [9.17, 15) is 0 Å². The Bertz CT molecular complexity index is 612. The van der Waals surface area contributed by atoms with Crippen molar-refractivity contribution in [3.05, 3.63) is 35.0 Å². The minimum absolute atomic E-state index is 0.349. The highest BCUT2D eigenvalue weighted by Gasteiger charge is 2.07. The predicted octanol–water partition coefficient (Wildman–Crippen LogP) is 2.93. The Hall–Kier alpha value is -2.08. The van der Waals surface area contributed by atoms with Crippen LogP contribution in [0, 0.1) is 25.2 Å². The third-order valence-corrected chi connectivity index (χ3v) is 2.83. The molecule has 0 aliphatic carbocycles. The fourth-order valence-corrected chi connectivity index (χ4v) is 1.99. The Morgan fingerprint density at radius 2 is 2.00 bits per heavy atom. The van der Waals surface area contributed by atoms with E-state index in [2.05, 4.69) is 11.1 Å². The largest absolute Gasteiger partial charge is 0.497 e. The van der Waals surface area contributed by atoms with Crippen LogP contribution in [0.1, 0.15) is 16.8 Å². The van der Waals surface area contributed by atoms with Crippen LogP contribution in [0.15, 0.2) is 18.2 Å². The maximum atomic E-state index is 8.72. The molecule has 0 unspecified atom stereocenters. The van der Waals surface area contributed by atoms with Gasteiger partial charge in [-0.3, -0.25) is 4.98 Å². The van der Waals surface area contributed by atoms with Gasteiger partial charge in [-0.2, -0.15) is 5.26 Å². The summed E-state index contributed by atoms with van der Waals surface area (Å²) in [5, 5.41) is 9.81. The summed E-state index contributed by atoms with van der Waals surface area (Å²) >= 11 is 0. The van der Waals surface area contributed by atoms with Gasteiger partial charge in [-0.25, -0.2) is 0 Å². The van der Waals surface area contributed by atoms with E-state index in [1.165, 1.54) is 0 Å². The number of aromatic nitrogens is 1. The molecule has 1 heterocycles. The van der Waals surface area contributed by atoms with E-state index < -0.39 is 0 Å². The molecule has 1 aromatic carbocycles. The number of rotatable bonds is 2. The lowest BCUT2D eigenvalue weighted by molar-refractivity contribution is 0.415. The van der Waals surface area contributed by atoms with Gasteiger partial charge in [0.25, 0.3) is 0 Å². The molecule has 3 nitrogen and oxygen atoms in total. The second-order valence-corrected chi connectivity index (χ2v) is 4.11. The number of ether oxygens (including phenoxy) is 1. The monoisotopic (exact) mass is 226 g/mol. The number of pyridine rings is 1. The van der Waals surface area contributed by atoms with Crippen LogP contribution in [0.25, 0.3) is 10.9 Å². The molecule has 0 atom stereocenters. The average molecular weight is 226 g/mol. The van der Waals surface area contributed by atoms with Gasteiger partial charge in [-0.15, -0.1) is 0 Å². The summed E-state index contributed by atoms with van der Waals surface area (Å²) in [6.45, 7) is 4.04. The van der Waals surface area contributed by atoms with E-state index in [4.69, 9.17) is 10.00 Å². The van der Waals surface area contributed by atoms with Crippen molar-refractivity contribution in [1.29, 1.82) is 5.26 Å². The number of methoxy groups -OCH3 is 1. The molecule has 3 heteroatoms. The number of fused-ring (bicyclic) bond motifs is 1. The molecule has 1 aromatic heterocycles. The van der Waals surface area contributed by atoms with Crippen LogP contribution in [0.3, 0.4) is 0 Å². The fourth-order valence-electron chi connectivity index (χ4n) is 1.99. The molecule has 2 rings (SSSR count). The minimum Gasteiger partial charge on any atom is -0.497 e. The molecule has 0 radical (unpaired) electrons. The summed E-state index contributed by atoms with van der Waals surface area (Å²) < 4.78 is 5.26. The van der Waals surface area contributed by atoms with Gasteiger partial charge in [0.15, 0.2) is 0 Å². The summed E-state index contributed by atoms with van der Waals surface area (Å²) in [6.07, 6.45) is 0.349. The second kappa shape index (κ2) is 4.42. The lowest BCUT2D eigenvalue weighted by Crippen LogP contribution is -1.95. The summed E-state index contributed by atoms with van der Waals surface area (Å²) in [5.41, 5.74) is 3.98. The highest BCUT2D eigenvalue weighted by Crippen LogP contribution is 2.26. The zero-order chi connectivity index (χ0) is 12.4. The number of nitriles is 1. The molecule has 0 aliphatic heterocycles. The maximum Gasteiger partial charge on any atom is 0.119 e. The van der Waals surface area contributed by atoms with Crippen LogP contribution >= 0.6 is 0 Å². The van der Waals surface area contributed by atoms with Crippen molar-refractivity contribution in [1.82, 2.24) is 4.98 Å². The van der Waals surface area contributed by atoms with Gasteiger partial charge in [-0.05, 0) is 43.2 Å². The Labute approximate surface area is 101 Å². The van der Waals surface area contributed by atoms with E-state index in [-0.39, 0.29) is 0 Å². The highest BCUT2D eigenvalue weighted by atomic mass is 16.5. The van der Waals surface area contributed by atoms with E-state index in [1.54, 1.807) is 7.11 Å². The standard InChI is InChI=1S/C14H14N2O/c1-9-6-11(4-5-15)16-14-10(2)7-12(17-3)8-13(9)14/h6-8H,4H2,1-3H3. The summed E-state index contributed by atoms with van der Waals surface area (Å²) in [6, 6.07) is 8.04. The number of nitrogens with zero attached hydrogens (tertiary/aromatic N) is 2. The van der Waals surface area contributed by atoms with E-state index in [1.807, 2.05) is 32.0 Å². The lowest BCUT2D eigenvalue weighted by atomic mass is 10.0. The van der Waals surface area contributed by atoms with Gasteiger partial charge in [0.1, 0.15) is 5.75 Å². The van der Waals surface area contributed by atoms with Crippen molar-refractivity contribution in [3.8, 4) is 11.8 Å². The van der Waals surface area contributed by atoms with Crippen LogP contribution in [-0.2, 0) is 6.42 Å². The third-order valence-electron chi connectivity index (χ3n) is 2.83. The Balaban J connectivity index is 2.73. The van der Waals surface area contributed by atoms with Crippen LogP contribution in [-0.4, -0.2) is 12.1 Å². The topological polar surface area (TPSA) is 45.9 Å². The van der Waals surface area contributed by atoms with Crippen molar-refractivity contribution in [2.24, 2.45) is 0 Å². The van der Waals surface area contributed by atoms with Crippen molar-refractivity contribution in [2.45, 2.75) is 20.3 Å². The number of aryl methyl sites for hydroxylation is 2. The normalized spacial score (nSPS) is 10.2. The van der Waals surface area contributed by atoms with Crippen LogP contribution in [0.5, 0.6) is 5.75 Å². The van der Waals surface area contributed by atoms with Gasteiger partial charge < -0.3 is 4.74 Å². The molecule has 0 amide bonds. The average Bonchev–Trinajstić information content (AvgIpc) is 2.30. The third kappa shape index (κ3) is 2.07. The first-order valence-electron chi connectivity index (χ1n) is 5.47. The van der Waals surface area contributed by atoms with Gasteiger partial charge >= 0.3 is 0 Å². The molecule has 0 aliphatic rings. The number of hydrogen-bond acceptors (Lipinski definition) is 3.